The lowest BCUT2D eigenvalue weighted by atomic mass is 10.2. The Labute approximate surface area is 172 Å². The molecule has 9 heteroatoms. The van der Waals surface area contributed by atoms with Crippen molar-refractivity contribution in [1.29, 1.82) is 0 Å². The van der Waals surface area contributed by atoms with Gasteiger partial charge in [0.2, 0.25) is 5.91 Å². The van der Waals surface area contributed by atoms with Gasteiger partial charge in [0, 0.05) is 31.9 Å². The summed E-state index contributed by atoms with van der Waals surface area (Å²) in [5.41, 5.74) is 0.534. The number of nitrogens with zero attached hydrogens (tertiary/aromatic N) is 2. The van der Waals surface area contributed by atoms with E-state index in [1.54, 1.807) is 12.0 Å². The molecule has 0 aromatic heterocycles. The normalized spacial score (nSPS) is 14.7. The Morgan fingerprint density at radius 2 is 1.76 bits per heavy atom. The first-order chi connectivity index (χ1) is 13.8. The minimum Gasteiger partial charge on any atom is -0.497 e. The van der Waals surface area contributed by atoms with Gasteiger partial charge in [-0.05, 0) is 42.5 Å². The number of benzene rings is 2. The van der Waals surface area contributed by atoms with Gasteiger partial charge in [-0.3, -0.25) is 4.79 Å². The van der Waals surface area contributed by atoms with Crippen molar-refractivity contribution in [3.05, 3.63) is 53.1 Å². The number of carbonyl (C=O) groups excluding carboxylic acids is 1. The average Bonchev–Trinajstić information content (AvgIpc) is 2.72. The number of hydrogen-bond acceptors (Lipinski definition) is 4. The summed E-state index contributed by atoms with van der Waals surface area (Å²) >= 11 is 5.91. The maximum absolute atomic E-state index is 12.7. The number of nitrogens with one attached hydrogen (secondary N) is 1. The summed E-state index contributed by atoms with van der Waals surface area (Å²) in [6.45, 7) is 2.48. The van der Waals surface area contributed by atoms with Crippen molar-refractivity contribution in [2.24, 2.45) is 0 Å². The number of piperazine rings is 1. The molecule has 1 aliphatic heterocycles. The van der Waals surface area contributed by atoms with Crippen molar-refractivity contribution in [3.63, 3.8) is 0 Å². The average molecular weight is 428 g/mol. The lowest BCUT2D eigenvalue weighted by Gasteiger charge is -2.36. The third kappa shape index (κ3) is 5.26. The second kappa shape index (κ2) is 8.82. The van der Waals surface area contributed by atoms with Gasteiger partial charge < -0.3 is 19.9 Å². The van der Waals surface area contributed by atoms with Crippen LogP contribution in [-0.2, 0) is 11.0 Å². The van der Waals surface area contributed by atoms with Crippen LogP contribution in [-0.4, -0.2) is 50.6 Å². The van der Waals surface area contributed by atoms with E-state index in [1.165, 1.54) is 6.07 Å². The standard InChI is InChI=1S/C20H21ClF3N3O2/c1-29-16-5-3-15(4-6-16)26-8-10-27(11-9-26)19(28)13-25-18-7-2-14(12-17(18)21)20(22,23)24/h2-7,12,25H,8-11,13H2,1H3. The molecule has 2 aromatic carbocycles. The van der Waals surface area contributed by atoms with Gasteiger partial charge in [-0.15, -0.1) is 0 Å². The molecule has 5 nitrogen and oxygen atoms in total. The van der Waals surface area contributed by atoms with Crippen molar-refractivity contribution in [3.8, 4) is 5.75 Å². The SMILES string of the molecule is COc1ccc(N2CCN(C(=O)CNc3ccc(C(F)(F)F)cc3Cl)CC2)cc1. The Morgan fingerprint density at radius 1 is 1.10 bits per heavy atom. The first-order valence-electron chi connectivity index (χ1n) is 9.05. The van der Waals surface area contributed by atoms with Crippen LogP contribution in [0.5, 0.6) is 5.75 Å². The maximum atomic E-state index is 12.7. The highest BCUT2D eigenvalue weighted by molar-refractivity contribution is 6.33. The summed E-state index contributed by atoms with van der Waals surface area (Å²) in [5.74, 6) is 0.658. The maximum Gasteiger partial charge on any atom is 0.416 e. The Bertz CT molecular complexity index is 851. The molecule has 0 radical (unpaired) electrons. The van der Waals surface area contributed by atoms with Gasteiger partial charge in [0.15, 0.2) is 0 Å². The third-order valence-electron chi connectivity index (χ3n) is 4.80. The molecule has 0 aliphatic carbocycles. The van der Waals surface area contributed by atoms with Crippen LogP contribution in [0.25, 0.3) is 0 Å². The summed E-state index contributed by atoms with van der Waals surface area (Å²) in [6, 6.07) is 10.8. The Hall–Kier alpha value is -2.61. The number of rotatable bonds is 5. The predicted octanol–water partition coefficient (Wildman–Crippen LogP) is 4.13. The largest absolute Gasteiger partial charge is 0.497 e. The zero-order valence-electron chi connectivity index (χ0n) is 15.8. The molecule has 1 aliphatic rings. The van der Waals surface area contributed by atoms with Crippen molar-refractivity contribution in [2.45, 2.75) is 6.18 Å². The molecule has 1 N–H and O–H groups in total. The fraction of sp³-hybridized carbons (Fsp3) is 0.350. The summed E-state index contributed by atoms with van der Waals surface area (Å²) < 4.78 is 43.3. The van der Waals surface area contributed by atoms with E-state index in [9.17, 15) is 18.0 Å². The molecule has 3 rings (SSSR count). The first kappa shape index (κ1) is 21.1. The number of alkyl halides is 3. The molecule has 0 atom stereocenters. The summed E-state index contributed by atoms with van der Waals surface area (Å²) in [6.07, 6.45) is -4.46. The quantitative estimate of drug-likeness (QED) is 0.779. The van der Waals surface area contributed by atoms with E-state index < -0.39 is 11.7 Å². The highest BCUT2D eigenvalue weighted by Crippen LogP contribution is 2.33. The van der Waals surface area contributed by atoms with Gasteiger partial charge >= 0.3 is 6.18 Å². The summed E-state index contributed by atoms with van der Waals surface area (Å²) in [5, 5.41) is 2.75. The van der Waals surface area contributed by atoms with E-state index in [-0.39, 0.29) is 17.5 Å². The van der Waals surface area contributed by atoms with Crippen LogP contribution < -0.4 is 15.0 Å². The molecule has 0 unspecified atom stereocenters. The number of amides is 1. The van der Waals surface area contributed by atoms with Crippen molar-refractivity contribution in [2.75, 3.05) is 50.1 Å². The Morgan fingerprint density at radius 3 is 2.31 bits per heavy atom. The van der Waals surface area contributed by atoms with Crippen LogP contribution in [0.4, 0.5) is 24.5 Å². The minimum absolute atomic E-state index is 0.0341. The topological polar surface area (TPSA) is 44.8 Å². The molecule has 29 heavy (non-hydrogen) atoms. The number of ether oxygens (including phenoxy) is 1. The molecular formula is C20H21ClF3N3O2. The van der Waals surface area contributed by atoms with Crippen LogP contribution >= 0.6 is 11.6 Å². The van der Waals surface area contributed by atoms with Crippen LogP contribution in [0.3, 0.4) is 0 Å². The highest BCUT2D eigenvalue weighted by Gasteiger charge is 2.31. The first-order valence-corrected chi connectivity index (χ1v) is 9.43. The molecule has 0 spiro atoms. The fourth-order valence-corrected chi connectivity index (χ4v) is 3.37. The zero-order valence-corrected chi connectivity index (χ0v) is 16.6. The van der Waals surface area contributed by atoms with Crippen molar-refractivity contribution >= 4 is 28.9 Å². The molecule has 1 heterocycles. The van der Waals surface area contributed by atoms with Gasteiger partial charge in [0.25, 0.3) is 0 Å². The number of anilines is 2. The van der Waals surface area contributed by atoms with Gasteiger partial charge in [-0.25, -0.2) is 0 Å². The van der Waals surface area contributed by atoms with Crippen molar-refractivity contribution in [1.82, 2.24) is 4.90 Å². The van der Waals surface area contributed by atoms with E-state index in [0.717, 1.165) is 23.6 Å². The van der Waals surface area contributed by atoms with Gasteiger partial charge in [0.05, 0.1) is 29.9 Å². The second-order valence-electron chi connectivity index (χ2n) is 6.61. The van der Waals surface area contributed by atoms with Gasteiger partial charge in [-0.2, -0.15) is 13.2 Å². The zero-order chi connectivity index (χ0) is 21.0. The summed E-state index contributed by atoms with van der Waals surface area (Å²) in [7, 11) is 1.62. The minimum atomic E-state index is -4.46. The Balaban J connectivity index is 1.51. The van der Waals surface area contributed by atoms with Crippen LogP contribution in [0, 0.1) is 0 Å². The Kier molecular flexibility index (Phi) is 6.42. The van der Waals surface area contributed by atoms with E-state index in [0.29, 0.717) is 31.9 Å². The summed E-state index contributed by atoms with van der Waals surface area (Å²) in [4.78, 5) is 16.4. The number of methoxy groups -OCH3 is 1. The third-order valence-corrected chi connectivity index (χ3v) is 5.11. The molecule has 1 fully saturated rings. The highest BCUT2D eigenvalue weighted by atomic mass is 35.5. The van der Waals surface area contributed by atoms with Crippen molar-refractivity contribution < 1.29 is 22.7 Å². The van der Waals surface area contributed by atoms with E-state index >= 15 is 0 Å². The van der Waals surface area contributed by atoms with Crippen LogP contribution in [0.2, 0.25) is 5.02 Å². The predicted molar refractivity (Wildman–Crippen MR) is 107 cm³/mol. The van der Waals surface area contributed by atoms with E-state index in [4.69, 9.17) is 16.3 Å². The van der Waals surface area contributed by atoms with Crippen LogP contribution in [0.1, 0.15) is 5.56 Å². The smallest absolute Gasteiger partial charge is 0.416 e. The molecule has 2 aromatic rings. The number of halogens is 4. The number of carbonyl (C=O) groups is 1. The molecule has 156 valence electrons. The molecule has 1 saturated heterocycles. The van der Waals surface area contributed by atoms with Gasteiger partial charge in [-0.1, -0.05) is 11.6 Å². The monoisotopic (exact) mass is 427 g/mol. The molecule has 0 bridgehead atoms. The van der Waals surface area contributed by atoms with E-state index in [2.05, 4.69) is 10.2 Å². The second-order valence-corrected chi connectivity index (χ2v) is 7.02. The molecule has 0 saturated carbocycles. The lowest BCUT2D eigenvalue weighted by Crippen LogP contribution is -2.50. The van der Waals surface area contributed by atoms with E-state index in [1.807, 2.05) is 24.3 Å². The fourth-order valence-electron chi connectivity index (χ4n) is 3.12. The molecular weight excluding hydrogens is 407 g/mol. The lowest BCUT2D eigenvalue weighted by molar-refractivity contribution is -0.137. The van der Waals surface area contributed by atoms with Crippen LogP contribution in [0.15, 0.2) is 42.5 Å². The number of hydrogen-bond donors (Lipinski definition) is 1. The van der Waals surface area contributed by atoms with Gasteiger partial charge in [0.1, 0.15) is 5.75 Å². The molecule has 1 amide bonds.